The Hall–Kier alpha value is -0.580. The molecule has 2 N–H and O–H groups in total. The summed E-state index contributed by atoms with van der Waals surface area (Å²) < 4.78 is 0. The number of hydrogen-bond acceptors (Lipinski definition) is 3. The first-order valence-electron chi connectivity index (χ1n) is 6.58. The largest absolute Gasteiger partial charge is 0.352 e. The normalized spacial score (nSPS) is 23.5. The van der Waals surface area contributed by atoms with Crippen molar-refractivity contribution < 1.29 is 4.79 Å². The standard InChI is InChI=1S/C14H22N2OS.ClH/c1-10-9-11(6-7-15-10)16-13(17)14(2,3)12-5-4-8-18-12;/h4-5,8,10-11,15H,6-7,9H2,1-3H3,(H,16,17);1H. The SMILES string of the molecule is CC1CC(NC(=O)C(C)(C)c2cccs2)CCN1.Cl. The van der Waals surface area contributed by atoms with Gasteiger partial charge in [-0.3, -0.25) is 4.79 Å². The van der Waals surface area contributed by atoms with Crippen LogP contribution in [-0.4, -0.2) is 24.5 Å². The maximum absolute atomic E-state index is 12.4. The van der Waals surface area contributed by atoms with Crippen LogP contribution in [0.25, 0.3) is 0 Å². The molecule has 1 amide bonds. The van der Waals surface area contributed by atoms with Crippen LogP contribution >= 0.6 is 23.7 Å². The minimum Gasteiger partial charge on any atom is -0.352 e. The predicted molar refractivity (Wildman–Crippen MR) is 83.2 cm³/mol. The van der Waals surface area contributed by atoms with E-state index in [1.54, 1.807) is 11.3 Å². The summed E-state index contributed by atoms with van der Waals surface area (Å²) in [5.41, 5.74) is -0.428. The number of rotatable bonds is 3. The lowest BCUT2D eigenvalue weighted by molar-refractivity contribution is -0.126. The molecular weight excluding hydrogens is 280 g/mol. The van der Waals surface area contributed by atoms with E-state index in [2.05, 4.69) is 17.6 Å². The van der Waals surface area contributed by atoms with Crippen LogP contribution < -0.4 is 10.6 Å². The first-order chi connectivity index (χ1) is 8.50. The van der Waals surface area contributed by atoms with Gasteiger partial charge in [0.1, 0.15) is 0 Å². The van der Waals surface area contributed by atoms with Gasteiger partial charge in [0.25, 0.3) is 0 Å². The monoisotopic (exact) mass is 302 g/mol. The highest BCUT2D eigenvalue weighted by atomic mass is 35.5. The molecule has 0 saturated carbocycles. The van der Waals surface area contributed by atoms with Gasteiger partial charge in [0.05, 0.1) is 5.41 Å². The molecule has 108 valence electrons. The van der Waals surface area contributed by atoms with Gasteiger partial charge in [-0.1, -0.05) is 6.07 Å². The summed E-state index contributed by atoms with van der Waals surface area (Å²) in [5.74, 6) is 0.143. The lowest BCUT2D eigenvalue weighted by atomic mass is 9.89. The molecule has 1 aliphatic rings. The van der Waals surface area contributed by atoms with E-state index in [1.807, 2.05) is 31.4 Å². The van der Waals surface area contributed by atoms with E-state index >= 15 is 0 Å². The molecule has 1 aliphatic heterocycles. The number of thiophene rings is 1. The van der Waals surface area contributed by atoms with Gasteiger partial charge in [0.15, 0.2) is 0 Å². The van der Waals surface area contributed by atoms with Crippen LogP contribution in [0.4, 0.5) is 0 Å². The summed E-state index contributed by atoms with van der Waals surface area (Å²) in [6.45, 7) is 7.16. The lowest BCUT2D eigenvalue weighted by Gasteiger charge is -2.31. The molecule has 0 aliphatic carbocycles. The van der Waals surface area contributed by atoms with Crippen molar-refractivity contribution in [1.82, 2.24) is 10.6 Å². The fourth-order valence-corrected chi connectivity index (χ4v) is 3.22. The quantitative estimate of drug-likeness (QED) is 0.901. The van der Waals surface area contributed by atoms with Crippen molar-refractivity contribution in [3.63, 3.8) is 0 Å². The molecule has 2 atom stereocenters. The summed E-state index contributed by atoms with van der Waals surface area (Å²) in [4.78, 5) is 13.5. The summed E-state index contributed by atoms with van der Waals surface area (Å²) >= 11 is 1.65. The smallest absolute Gasteiger partial charge is 0.231 e. The molecule has 0 aromatic carbocycles. The zero-order valence-corrected chi connectivity index (χ0v) is 13.4. The lowest BCUT2D eigenvalue weighted by Crippen LogP contribution is -2.50. The van der Waals surface area contributed by atoms with Crippen LogP contribution in [0, 0.1) is 0 Å². The second-order valence-electron chi connectivity index (χ2n) is 5.65. The first kappa shape index (κ1) is 16.5. The van der Waals surface area contributed by atoms with Crippen LogP contribution in [-0.2, 0) is 10.2 Å². The Bertz CT molecular complexity index is 406. The van der Waals surface area contributed by atoms with Gasteiger partial charge in [0, 0.05) is 17.0 Å². The van der Waals surface area contributed by atoms with Crippen LogP contribution in [0.3, 0.4) is 0 Å². The summed E-state index contributed by atoms with van der Waals surface area (Å²) in [6, 6.07) is 4.85. The van der Waals surface area contributed by atoms with Gasteiger partial charge >= 0.3 is 0 Å². The molecule has 19 heavy (non-hydrogen) atoms. The molecule has 1 aromatic rings. The number of nitrogens with one attached hydrogen (secondary N) is 2. The van der Waals surface area contributed by atoms with Gasteiger partial charge in [-0.15, -0.1) is 23.7 Å². The Morgan fingerprint density at radius 3 is 2.84 bits per heavy atom. The molecular formula is C14H23ClN2OS. The molecule has 0 spiro atoms. The van der Waals surface area contributed by atoms with E-state index in [0.29, 0.717) is 12.1 Å². The average molecular weight is 303 g/mol. The fourth-order valence-electron chi connectivity index (χ4n) is 2.37. The number of piperidine rings is 1. The number of carbonyl (C=O) groups excluding carboxylic acids is 1. The third kappa shape index (κ3) is 3.94. The number of amides is 1. The zero-order valence-electron chi connectivity index (χ0n) is 11.7. The Kier molecular flexibility index (Phi) is 5.83. The molecule has 0 radical (unpaired) electrons. The summed E-state index contributed by atoms with van der Waals surface area (Å²) in [5, 5.41) is 8.63. The zero-order chi connectivity index (χ0) is 13.2. The number of halogens is 1. The van der Waals surface area contributed by atoms with Crippen molar-refractivity contribution in [3.8, 4) is 0 Å². The maximum atomic E-state index is 12.4. The molecule has 2 heterocycles. The molecule has 0 bridgehead atoms. The Morgan fingerprint density at radius 1 is 1.53 bits per heavy atom. The third-order valence-corrected chi connectivity index (χ3v) is 4.86. The Morgan fingerprint density at radius 2 is 2.26 bits per heavy atom. The number of carbonyl (C=O) groups is 1. The Balaban J connectivity index is 0.00000180. The van der Waals surface area contributed by atoms with E-state index in [0.717, 1.165) is 24.3 Å². The molecule has 3 nitrogen and oxygen atoms in total. The molecule has 1 saturated heterocycles. The van der Waals surface area contributed by atoms with Crippen molar-refractivity contribution in [3.05, 3.63) is 22.4 Å². The maximum Gasteiger partial charge on any atom is 0.231 e. The van der Waals surface area contributed by atoms with Crippen LogP contribution in [0.2, 0.25) is 0 Å². The van der Waals surface area contributed by atoms with E-state index in [4.69, 9.17) is 0 Å². The van der Waals surface area contributed by atoms with Gasteiger partial charge < -0.3 is 10.6 Å². The summed E-state index contributed by atoms with van der Waals surface area (Å²) in [7, 11) is 0. The second kappa shape index (κ2) is 6.73. The van der Waals surface area contributed by atoms with Crippen LogP contribution in [0.15, 0.2) is 17.5 Å². The van der Waals surface area contributed by atoms with E-state index in [9.17, 15) is 4.79 Å². The van der Waals surface area contributed by atoms with Crippen LogP contribution in [0.5, 0.6) is 0 Å². The minimum absolute atomic E-state index is 0. The first-order valence-corrected chi connectivity index (χ1v) is 7.46. The molecule has 5 heteroatoms. The Labute approximate surface area is 125 Å². The van der Waals surface area contributed by atoms with Gasteiger partial charge in [-0.2, -0.15) is 0 Å². The average Bonchev–Trinajstić information content (AvgIpc) is 2.82. The highest BCUT2D eigenvalue weighted by molar-refractivity contribution is 7.10. The van der Waals surface area contributed by atoms with Crippen molar-refractivity contribution in [1.29, 1.82) is 0 Å². The molecule has 1 aromatic heterocycles. The minimum atomic E-state index is -0.428. The van der Waals surface area contributed by atoms with Gasteiger partial charge in [0.2, 0.25) is 5.91 Å². The highest BCUT2D eigenvalue weighted by Crippen LogP contribution is 2.28. The highest BCUT2D eigenvalue weighted by Gasteiger charge is 2.32. The molecule has 2 unspecified atom stereocenters. The predicted octanol–water partition coefficient (Wildman–Crippen LogP) is 2.70. The molecule has 2 rings (SSSR count). The van der Waals surface area contributed by atoms with E-state index in [1.165, 1.54) is 0 Å². The van der Waals surface area contributed by atoms with Crippen molar-refractivity contribution in [2.24, 2.45) is 0 Å². The van der Waals surface area contributed by atoms with Gasteiger partial charge in [-0.05, 0) is 51.6 Å². The van der Waals surface area contributed by atoms with Crippen molar-refractivity contribution >= 4 is 29.7 Å². The third-order valence-electron chi connectivity index (χ3n) is 3.66. The van der Waals surface area contributed by atoms with Crippen LogP contribution in [0.1, 0.15) is 38.5 Å². The topological polar surface area (TPSA) is 41.1 Å². The second-order valence-corrected chi connectivity index (χ2v) is 6.60. The van der Waals surface area contributed by atoms with E-state index < -0.39 is 5.41 Å². The van der Waals surface area contributed by atoms with E-state index in [-0.39, 0.29) is 18.3 Å². The molecule has 1 fully saturated rings. The van der Waals surface area contributed by atoms with Crippen molar-refractivity contribution in [2.75, 3.05) is 6.54 Å². The number of hydrogen-bond donors (Lipinski definition) is 2. The fraction of sp³-hybridized carbons (Fsp3) is 0.643. The van der Waals surface area contributed by atoms with Gasteiger partial charge in [-0.25, -0.2) is 0 Å². The van der Waals surface area contributed by atoms with Crippen molar-refractivity contribution in [2.45, 2.75) is 51.1 Å². The summed E-state index contributed by atoms with van der Waals surface area (Å²) in [6.07, 6.45) is 2.04.